The summed E-state index contributed by atoms with van der Waals surface area (Å²) in [5.41, 5.74) is 1.29. The lowest BCUT2D eigenvalue weighted by Gasteiger charge is -2.24. The van der Waals surface area contributed by atoms with Crippen molar-refractivity contribution in [2.45, 2.75) is 12.6 Å². The highest BCUT2D eigenvalue weighted by Crippen LogP contribution is 2.31. The van der Waals surface area contributed by atoms with Crippen LogP contribution in [0.15, 0.2) is 67.0 Å². The number of rotatable bonds is 3. The molecule has 0 fully saturated rings. The molecule has 0 N–H and O–H groups in total. The Hall–Kier alpha value is -3.28. The van der Waals surface area contributed by atoms with Crippen LogP contribution in [0.25, 0.3) is 0 Å². The molecule has 0 spiro atoms. The number of aromatic nitrogens is 2. The topological polar surface area (TPSA) is 55.3 Å². The number of carbonyl (C=O) groups excluding carboxylic acids is 1. The van der Waals surface area contributed by atoms with E-state index in [1.165, 1.54) is 12.1 Å². The third-order valence-corrected chi connectivity index (χ3v) is 4.25. The fourth-order valence-electron chi connectivity index (χ4n) is 2.96. The Morgan fingerprint density at radius 1 is 1.04 bits per heavy atom. The van der Waals surface area contributed by atoms with E-state index < -0.39 is 6.10 Å². The molecule has 1 unspecified atom stereocenters. The van der Waals surface area contributed by atoms with Gasteiger partial charge in [-0.05, 0) is 35.9 Å². The van der Waals surface area contributed by atoms with Crippen molar-refractivity contribution in [3.63, 3.8) is 0 Å². The lowest BCUT2D eigenvalue weighted by Crippen LogP contribution is -2.34. The van der Waals surface area contributed by atoms with E-state index in [1.54, 1.807) is 53.7 Å². The molecule has 0 bridgehead atoms. The van der Waals surface area contributed by atoms with Crippen LogP contribution in [0.4, 0.5) is 4.39 Å². The SMILES string of the molecule is O=C1c2ccccc2OC(c2ccc(F)cc2)CN1Cc1ncccn1. The quantitative estimate of drug-likeness (QED) is 0.727. The summed E-state index contributed by atoms with van der Waals surface area (Å²) in [7, 11) is 0. The van der Waals surface area contributed by atoms with Gasteiger partial charge in [-0.2, -0.15) is 0 Å². The van der Waals surface area contributed by atoms with Gasteiger partial charge in [0.05, 0.1) is 18.7 Å². The molecule has 5 nitrogen and oxygen atoms in total. The van der Waals surface area contributed by atoms with Crippen LogP contribution in [0, 0.1) is 5.82 Å². The molecule has 1 aliphatic heterocycles. The van der Waals surface area contributed by atoms with E-state index in [2.05, 4.69) is 9.97 Å². The van der Waals surface area contributed by atoms with Crippen LogP contribution in [-0.4, -0.2) is 27.3 Å². The number of benzene rings is 2. The van der Waals surface area contributed by atoms with Crippen molar-refractivity contribution >= 4 is 5.91 Å². The maximum absolute atomic E-state index is 13.3. The summed E-state index contributed by atoms with van der Waals surface area (Å²) in [6, 6.07) is 15.0. The standard InChI is InChI=1S/C20H16FN3O2/c21-15-8-6-14(7-9-15)18-12-24(13-19-22-10-3-11-23-19)20(25)16-4-1-2-5-17(16)26-18/h1-11,18H,12-13H2. The maximum Gasteiger partial charge on any atom is 0.258 e. The first-order valence-corrected chi connectivity index (χ1v) is 8.27. The first kappa shape index (κ1) is 16.2. The predicted molar refractivity (Wildman–Crippen MR) is 93.0 cm³/mol. The third kappa shape index (κ3) is 3.26. The molecule has 0 saturated carbocycles. The predicted octanol–water partition coefficient (Wildman–Crippen LogP) is 3.39. The van der Waals surface area contributed by atoms with Gasteiger partial charge in [-0.25, -0.2) is 14.4 Å². The molecule has 1 aromatic heterocycles. The number of nitrogens with zero attached hydrogens (tertiary/aromatic N) is 3. The average Bonchev–Trinajstić information content (AvgIpc) is 2.81. The zero-order valence-corrected chi connectivity index (χ0v) is 13.9. The van der Waals surface area contributed by atoms with Gasteiger partial charge in [0.25, 0.3) is 5.91 Å². The number of hydrogen-bond acceptors (Lipinski definition) is 4. The van der Waals surface area contributed by atoms with Crippen LogP contribution < -0.4 is 4.74 Å². The maximum atomic E-state index is 13.3. The smallest absolute Gasteiger partial charge is 0.258 e. The molecular weight excluding hydrogens is 333 g/mol. The van der Waals surface area contributed by atoms with Crippen LogP contribution in [-0.2, 0) is 6.54 Å². The first-order valence-electron chi connectivity index (χ1n) is 8.27. The van der Waals surface area contributed by atoms with Gasteiger partial charge >= 0.3 is 0 Å². The molecule has 1 atom stereocenters. The minimum atomic E-state index is -0.410. The Morgan fingerprint density at radius 2 is 1.77 bits per heavy atom. The number of hydrogen-bond donors (Lipinski definition) is 0. The van der Waals surface area contributed by atoms with E-state index in [4.69, 9.17) is 4.74 Å². The molecule has 130 valence electrons. The molecule has 1 amide bonds. The largest absolute Gasteiger partial charge is 0.483 e. The summed E-state index contributed by atoms with van der Waals surface area (Å²) >= 11 is 0. The average molecular weight is 349 g/mol. The van der Waals surface area contributed by atoms with Crippen molar-refractivity contribution in [3.8, 4) is 5.75 Å². The molecule has 2 aromatic carbocycles. The highest BCUT2D eigenvalue weighted by Gasteiger charge is 2.30. The van der Waals surface area contributed by atoms with Gasteiger partial charge in [0.15, 0.2) is 0 Å². The molecule has 4 rings (SSSR count). The van der Waals surface area contributed by atoms with E-state index >= 15 is 0 Å². The zero-order chi connectivity index (χ0) is 17.9. The van der Waals surface area contributed by atoms with Crippen LogP contribution in [0.2, 0.25) is 0 Å². The summed E-state index contributed by atoms with van der Waals surface area (Å²) in [6.07, 6.45) is 2.88. The number of halogens is 1. The molecular formula is C20H16FN3O2. The summed E-state index contributed by atoms with van der Waals surface area (Å²) < 4.78 is 19.4. The molecule has 2 heterocycles. The normalized spacial score (nSPS) is 16.6. The van der Waals surface area contributed by atoms with Crippen LogP contribution in [0.3, 0.4) is 0 Å². The summed E-state index contributed by atoms with van der Waals surface area (Å²) in [5, 5.41) is 0. The minimum absolute atomic E-state index is 0.141. The molecule has 26 heavy (non-hydrogen) atoms. The highest BCUT2D eigenvalue weighted by molar-refractivity contribution is 5.97. The summed E-state index contributed by atoms with van der Waals surface area (Å²) in [4.78, 5) is 23.1. The van der Waals surface area contributed by atoms with Crippen molar-refractivity contribution in [1.82, 2.24) is 14.9 Å². The fourth-order valence-corrected chi connectivity index (χ4v) is 2.96. The van der Waals surface area contributed by atoms with Crippen molar-refractivity contribution < 1.29 is 13.9 Å². The lowest BCUT2D eigenvalue weighted by molar-refractivity contribution is 0.0689. The van der Waals surface area contributed by atoms with Crippen molar-refractivity contribution in [1.29, 1.82) is 0 Å². The number of amides is 1. The number of para-hydroxylation sites is 1. The van der Waals surface area contributed by atoms with Crippen molar-refractivity contribution in [2.24, 2.45) is 0 Å². The Bertz CT molecular complexity index is 916. The van der Waals surface area contributed by atoms with E-state index in [0.717, 1.165) is 5.56 Å². The molecule has 6 heteroatoms. The van der Waals surface area contributed by atoms with Gasteiger partial charge in [-0.15, -0.1) is 0 Å². The molecule has 0 saturated heterocycles. The third-order valence-electron chi connectivity index (χ3n) is 4.25. The van der Waals surface area contributed by atoms with Gasteiger partial charge in [-0.1, -0.05) is 24.3 Å². The fraction of sp³-hybridized carbons (Fsp3) is 0.150. The Kier molecular flexibility index (Phi) is 4.31. The van der Waals surface area contributed by atoms with Crippen molar-refractivity contribution in [3.05, 3.63) is 89.8 Å². The van der Waals surface area contributed by atoms with Gasteiger partial charge in [-0.3, -0.25) is 4.79 Å². The Morgan fingerprint density at radius 3 is 2.54 bits per heavy atom. The second-order valence-electron chi connectivity index (χ2n) is 6.00. The highest BCUT2D eigenvalue weighted by atomic mass is 19.1. The van der Waals surface area contributed by atoms with E-state index in [0.29, 0.717) is 23.7 Å². The van der Waals surface area contributed by atoms with Gasteiger partial charge in [0, 0.05) is 12.4 Å². The van der Waals surface area contributed by atoms with Gasteiger partial charge in [0.2, 0.25) is 0 Å². The molecule has 0 aliphatic carbocycles. The van der Waals surface area contributed by atoms with E-state index in [1.807, 2.05) is 6.07 Å². The number of ether oxygens (including phenoxy) is 1. The summed E-state index contributed by atoms with van der Waals surface area (Å²) in [5.74, 6) is 0.618. The molecule has 1 aliphatic rings. The zero-order valence-electron chi connectivity index (χ0n) is 13.9. The Balaban J connectivity index is 1.71. The van der Waals surface area contributed by atoms with Gasteiger partial charge < -0.3 is 9.64 Å². The monoisotopic (exact) mass is 349 g/mol. The Labute approximate surface area is 150 Å². The van der Waals surface area contributed by atoms with Gasteiger partial charge in [0.1, 0.15) is 23.5 Å². The number of carbonyl (C=O) groups is 1. The number of fused-ring (bicyclic) bond motifs is 1. The van der Waals surface area contributed by atoms with Crippen LogP contribution in [0.1, 0.15) is 27.8 Å². The van der Waals surface area contributed by atoms with Crippen molar-refractivity contribution in [2.75, 3.05) is 6.54 Å². The van der Waals surface area contributed by atoms with Crippen LogP contribution >= 0.6 is 0 Å². The van der Waals surface area contributed by atoms with Crippen LogP contribution in [0.5, 0.6) is 5.75 Å². The molecule has 0 radical (unpaired) electrons. The van der Waals surface area contributed by atoms with E-state index in [-0.39, 0.29) is 18.3 Å². The summed E-state index contributed by atoms with van der Waals surface area (Å²) in [6.45, 7) is 0.590. The second-order valence-corrected chi connectivity index (χ2v) is 6.00. The van der Waals surface area contributed by atoms with E-state index in [9.17, 15) is 9.18 Å². The lowest BCUT2D eigenvalue weighted by atomic mass is 10.1. The molecule has 3 aromatic rings. The first-order chi connectivity index (χ1) is 12.7. The minimum Gasteiger partial charge on any atom is -0.483 e. The second kappa shape index (κ2) is 6.92.